The Morgan fingerprint density at radius 1 is 1.67 bits per heavy atom. The van der Waals surface area contributed by atoms with Gasteiger partial charge in [-0.15, -0.1) is 11.3 Å². The van der Waals surface area contributed by atoms with E-state index in [2.05, 4.69) is 9.46 Å². The Morgan fingerprint density at radius 3 is 2.67 bits per heavy atom. The first kappa shape index (κ1) is 15.4. The Hall–Kier alpha value is -0.670. The van der Waals surface area contributed by atoms with Gasteiger partial charge in [0.05, 0.1) is 18.1 Å². The van der Waals surface area contributed by atoms with Gasteiger partial charge in [0.1, 0.15) is 10.3 Å². The van der Waals surface area contributed by atoms with E-state index in [0.717, 1.165) is 18.4 Å². The molecule has 0 aliphatic rings. The van der Waals surface area contributed by atoms with Gasteiger partial charge in [0, 0.05) is 0 Å². The summed E-state index contributed by atoms with van der Waals surface area (Å²) in [6.07, 6.45) is 0. The van der Waals surface area contributed by atoms with Crippen LogP contribution < -0.4 is 4.72 Å². The highest BCUT2D eigenvalue weighted by Crippen LogP contribution is 2.30. The third-order valence-corrected chi connectivity index (χ3v) is 5.57. The zero-order valence-electron chi connectivity index (χ0n) is 9.64. The fourth-order valence-corrected chi connectivity index (χ4v) is 4.01. The molecule has 0 fully saturated rings. The van der Waals surface area contributed by atoms with Crippen LogP contribution in [0.5, 0.6) is 0 Å². The summed E-state index contributed by atoms with van der Waals surface area (Å²) in [5, 5.41) is 8.95. The number of aliphatic hydroxyl groups excluding tert-OH is 1. The van der Waals surface area contributed by atoms with E-state index >= 15 is 0 Å². The van der Waals surface area contributed by atoms with Crippen LogP contribution in [0.25, 0.3) is 0 Å². The van der Waals surface area contributed by atoms with Crippen molar-refractivity contribution in [1.82, 2.24) is 4.72 Å². The summed E-state index contributed by atoms with van der Waals surface area (Å²) in [4.78, 5) is 11.2. The van der Waals surface area contributed by atoms with E-state index in [1.165, 1.54) is 6.07 Å². The summed E-state index contributed by atoms with van der Waals surface area (Å²) >= 11 is 6.66. The minimum absolute atomic E-state index is 0.0210. The summed E-state index contributed by atoms with van der Waals surface area (Å²) in [6.45, 7) is 0.978. The first-order chi connectivity index (χ1) is 8.31. The minimum atomic E-state index is -3.91. The van der Waals surface area contributed by atoms with Crippen LogP contribution in [0.4, 0.5) is 0 Å². The largest absolute Gasteiger partial charge is 0.468 e. The van der Waals surface area contributed by atoms with Crippen molar-refractivity contribution in [2.45, 2.75) is 17.2 Å². The van der Waals surface area contributed by atoms with E-state index in [4.69, 9.17) is 16.7 Å². The molecule has 1 unspecified atom stereocenters. The maximum Gasteiger partial charge on any atom is 0.326 e. The number of ether oxygens (including phenoxy) is 1. The Balaban J connectivity index is 2.97. The highest BCUT2D eigenvalue weighted by atomic mass is 35.5. The normalized spacial score (nSPS) is 13.3. The molecular weight excluding hydrogens is 302 g/mol. The average Bonchev–Trinajstić information content (AvgIpc) is 2.66. The fourth-order valence-electron chi connectivity index (χ4n) is 1.11. The van der Waals surface area contributed by atoms with E-state index < -0.39 is 28.6 Å². The number of nitrogens with one attached hydrogen (secondary N) is 1. The van der Waals surface area contributed by atoms with Gasteiger partial charge in [0.2, 0.25) is 0 Å². The maximum atomic E-state index is 11.9. The maximum absolute atomic E-state index is 11.9. The molecule has 1 aromatic heterocycles. The van der Waals surface area contributed by atoms with Crippen LogP contribution in [0, 0.1) is 6.92 Å². The van der Waals surface area contributed by atoms with Crippen molar-refractivity contribution in [2.24, 2.45) is 0 Å². The van der Waals surface area contributed by atoms with Crippen LogP contribution in [0.3, 0.4) is 0 Å². The zero-order valence-corrected chi connectivity index (χ0v) is 12.0. The molecule has 1 heterocycles. The fraction of sp³-hybridized carbons (Fsp3) is 0.444. The molecule has 0 saturated heterocycles. The molecule has 0 aliphatic heterocycles. The Morgan fingerprint density at radius 2 is 2.28 bits per heavy atom. The number of aryl methyl sites for hydroxylation is 1. The third kappa shape index (κ3) is 3.42. The second-order valence-electron chi connectivity index (χ2n) is 3.40. The van der Waals surface area contributed by atoms with Crippen molar-refractivity contribution < 1.29 is 23.1 Å². The number of rotatable bonds is 5. The number of thiophene rings is 1. The third-order valence-electron chi connectivity index (χ3n) is 2.07. The van der Waals surface area contributed by atoms with Crippen molar-refractivity contribution in [1.29, 1.82) is 0 Å². The standard InChI is InChI=1S/C9H12ClNO5S2/c1-5-3-7(17-8(5)10)18(14,15)11-6(4-12)9(13)16-2/h3,6,11-12H,4H2,1-2H3. The molecule has 0 spiro atoms. The Labute approximate surface area is 114 Å². The van der Waals surface area contributed by atoms with Crippen molar-refractivity contribution in [3.8, 4) is 0 Å². The molecule has 6 nitrogen and oxygen atoms in total. The topological polar surface area (TPSA) is 92.7 Å². The van der Waals surface area contributed by atoms with Gasteiger partial charge in [-0.1, -0.05) is 11.6 Å². The van der Waals surface area contributed by atoms with Crippen molar-refractivity contribution >= 4 is 38.9 Å². The molecular formula is C9H12ClNO5S2. The van der Waals surface area contributed by atoms with Gasteiger partial charge in [0.25, 0.3) is 10.0 Å². The minimum Gasteiger partial charge on any atom is -0.468 e. The molecule has 9 heteroatoms. The second kappa shape index (κ2) is 5.98. The van der Waals surface area contributed by atoms with E-state index in [1.54, 1.807) is 6.92 Å². The van der Waals surface area contributed by atoms with Crippen LogP contribution >= 0.6 is 22.9 Å². The van der Waals surface area contributed by atoms with E-state index in [1.807, 2.05) is 0 Å². The molecule has 1 aromatic rings. The highest BCUT2D eigenvalue weighted by Gasteiger charge is 2.27. The Kier molecular flexibility index (Phi) is 5.11. The van der Waals surface area contributed by atoms with Crippen molar-refractivity contribution in [3.05, 3.63) is 16.0 Å². The van der Waals surface area contributed by atoms with Crippen molar-refractivity contribution in [2.75, 3.05) is 13.7 Å². The van der Waals surface area contributed by atoms with E-state index in [9.17, 15) is 13.2 Å². The first-order valence-corrected chi connectivity index (χ1v) is 7.46. The molecule has 18 heavy (non-hydrogen) atoms. The van der Waals surface area contributed by atoms with E-state index in [-0.39, 0.29) is 4.21 Å². The molecule has 0 amide bonds. The van der Waals surface area contributed by atoms with Gasteiger partial charge in [-0.25, -0.2) is 8.42 Å². The Bertz CT molecular complexity index is 520. The van der Waals surface area contributed by atoms with Gasteiger partial charge in [-0.05, 0) is 18.6 Å². The van der Waals surface area contributed by atoms with Gasteiger partial charge in [-0.3, -0.25) is 4.79 Å². The van der Waals surface area contributed by atoms with Gasteiger partial charge < -0.3 is 9.84 Å². The van der Waals surface area contributed by atoms with Crippen molar-refractivity contribution in [3.63, 3.8) is 0 Å². The predicted octanol–water partition coefficient (Wildman–Crippen LogP) is 0.522. The van der Waals surface area contributed by atoms with Crippen LogP contribution in [0.2, 0.25) is 4.34 Å². The SMILES string of the molecule is COC(=O)C(CO)NS(=O)(=O)c1cc(C)c(Cl)s1. The van der Waals surface area contributed by atoms with E-state index in [0.29, 0.717) is 9.90 Å². The molecule has 1 atom stereocenters. The number of carbonyl (C=O) groups is 1. The smallest absolute Gasteiger partial charge is 0.326 e. The number of carbonyl (C=O) groups excluding carboxylic acids is 1. The summed E-state index contributed by atoms with van der Waals surface area (Å²) in [6, 6.07) is 0.0577. The van der Waals surface area contributed by atoms with Gasteiger partial charge in [-0.2, -0.15) is 4.72 Å². The van der Waals surface area contributed by atoms with Crippen LogP contribution in [0.1, 0.15) is 5.56 Å². The summed E-state index contributed by atoms with van der Waals surface area (Å²) in [7, 11) is -2.80. The summed E-state index contributed by atoms with van der Waals surface area (Å²) < 4.78 is 30.6. The lowest BCUT2D eigenvalue weighted by Crippen LogP contribution is -2.43. The second-order valence-corrected chi connectivity index (χ2v) is 7.00. The molecule has 0 aromatic carbocycles. The molecule has 1 rings (SSSR count). The number of hydrogen-bond donors (Lipinski definition) is 2. The highest BCUT2D eigenvalue weighted by molar-refractivity contribution is 7.91. The summed E-state index contributed by atoms with van der Waals surface area (Å²) in [5.74, 6) is -0.861. The summed E-state index contributed by atoms with van der Waals surface area (Å²) in [5.41, 5.74) is 0.626. The first-order valence-electron chi connectivity index (χ1n) is 4.78. The van der Waals surface area contributed by atoms with Crippen LogP contribution in [-0.4, -0.2) is 39.3 Å². The lowest BCUT2D eigenvalue weighted by molar-refractivity contribution is -0.143. The number of halogens is 1. The molecule has 0 bridgehead atoms. The number of hydrogen-bond acceptors (Lipinski definition) is 6. The molecule has 0 aliphatic carbocycles. The predicted molar refractivity (Wildman–Crippen MR) is 67.3 cm³/mol. The molecule has 102 valence electrons. The molecule has 0 radical (unpaired) electrons. The lowest BCUT2D eigenvalue weighted by atomic mass is 10.3. The average molecular weight is 314 g/mol. The van der Waals surface area contributed by atoms with Crippen LogP contribution in [-0.2, 0) is 19.6 Å². The number of sulfonamides is 1. The van der Waals surface area contributed by atoms with Crippen LogP contribution in [0.15, 0.2) is 10.3 Å². The molecule has 2 N–H and O–H groups in total. The number of aliphatic hydroxyl groups is 1. The monoisotopic (exact) mass is 313 g/mol. The number of esters is 1. The quantitative estimate of drug-likeness (QED) is 0.773. The number of methoxy groups -OCH3 is 1. The van der Waals surface area contributed by atoms with Gasteiger partial charge in [0.15, 0.2) is 0 Å². The van der Waals surface area contributed by atoms with Gasteiger partial charge >= 0.3 is 5.97 Å². The zero-order chi connectivity index (χ0) is 13.9. The molecule has 0 saturated carbocycles. The lowest BCUT2D eigenvalue weighted by Gasteiger charge is -2.12.